The molecule has 3 aromatic rings. The molecule has 2 fully saturated rings. The van der Waals surface area contributed by atoms with Crippen molar-refractivity contribution in [2.45, 2.75) is 50.1 Å². The molecule has 0 spiro atoms. The predicted molar refractivity (Wildman–Crippen MR) is 159 cm³/mol. The lowest BCUT2D eigenvalue weighted by Gasteiger charge is -2.42. The minimum absolute atomic E-state index is 0.0548. The molecule has 0 bridgehead atoms. The highest BCUT2D eigenvalue weighted by molar-refractivity contribution is 5.82. The van der Waals surface area contributed by atoms with Crippen LogP contribution in [0.1, 0.15) is 54.7 Å². The van der Waals surface area contributed by atoms with Gasteiger partial charge in [0.05, 0.1) is 11.0 Å². The van der Waals surface area contributed by atoms with Gasteiger partial charge in [0.1, 0.15) is 6.61 Å². The molecular weight excluding hydrogens is 530 g/mol. The van der Waals surface area contributed by atoms with E-state index in [1.54, 1.807) is 0 Å². The Kier molecular flexibility index (Phi) is 7.73. The molecule has 8 nitrogen and oxygen atoms in total. The Morgan fingerprint density at radius 1 is 0.833 bits per heavy atom. The van der Waals surface area contributed by atoms with Gasteiger partial charge in [0.25, 0.3) is 0 Å². The van der Waals surface area contributed by atoms with E-state index in [4.69, 9.17) is 4.74 Å². The summed E-state index contributed by atoms with van der Waals surface area (Å²) in [6.07, 6.45) is 1.85. The number of hydrogen-bond donors (Lipinski definition) is 3. The molecule has 2 aliphatic carbocycles. The molecule has 1 heterocycles. The summed E-state index contributed by atoms with van der Waals surface area (Å²) in [4.78, 5) is 40.3. The van der Waals surface area contributed by atoms with Crippen LogP contribution in [0.5, 0.6) is 0 Å². The zero-order valence-electron chi connectivity index (χ0n) is 23.7. The number of carbonyl (C=O) groups excluding carboxylic acids is 2. The first kappa shape index (κ1) is 28.0. The third-order valence-electron chi connectivity index (χ3n) is 9.20. The third kappa shape index (κ3) is 5.90. The van der Waals surface area contributed by atoms with E-state index >= 15 is 0 Å². The minimum atomic E-state index is -0.872. The maximum absolute atomic E-state index is 13.3. The van der Waals surface area contributed by atoms with Gasteiger partial charge in [-0.2, -0.15) is 0 Å². The van der Waals surface area contributed by atoms with Crippen LogP contribution in [0, 0.1) is 5.41 Å². The number of likely N-dealkylation sites (tertiary alicyclic amines) is 1. The second-order valence-electron chi connectivity index (χ2n) is 12.0. The highest BCUT2D eigenvalue weighted by Gasteiger charge is 2.50. The molecule has 3 N–H and O–H groups in total. The highest BCUT2D eigenvalue weighted by Crippen LogP contribution is 2.46. The molecule has 42 heavy (non-hydrogen) atoms. The van der Waals surface area contributed by atoms with Crippen molar-refractivity contribution >= 4 is 18.0 Å². The maximum atomic E-state index is 13.3. The van der Waals surface area contributed by atoms with E-state index in [0.29, 0.717) is 38.8 Å². The maximum Gasteiger partial charge on any atom is 0.407 e. The summed E-state index contributed by atoms with van der Waals surface area (Å²) in [5.41, 5.74) is 4.20. The average Bonchev–Trinajstić information content (AvgIpc) is 3.74. The quantitative estimate of drug-likeness (QED) is 0.321. The molecule has 2 amide bonds. The SMILES string of the molecule is O=C(CC1(NC(=O)OCC2c3ccccc3-c3ccccc32)CCN(Cc2ccccc2)CC1)NCC1(C(=O)O)CC1. The fraction of sp³-hybridized carbons (Fsp3) is 0.382. The average molecular weight is 568 g/mol. The zero-order valence-corrected chi connectivity index (χ0v) is 23.7. The summed E-state index contributed by atoms with van der Waals surface area (Å²) in [6.45, 7) is 2.54. The first-order valence-corrected chi connectivity index (χ1v) is 14.8. The summed E-state index contributed by atoms with van der Waals surface area (Å²) in [7, 11) is 0. The lowest BCUT2D eigenvalue weighted by atomic mass is 9.83. The number of aliphatic carboxylic acids is 1. The fourth-order valence-electron chi connectivity index (χ4n) is 6.43. The molecule has 0 aromatic heterocycles. The number of alkyl carbamates (subject to hydrolysis) is 1. The van der Waals surface area contributed by atoms with Crippen LogP contribution in [-0.4, -0.2) is 59.8 Å². The Morgan fingerprint density at radius 3 is 2.02 bits per heavy atom. The number of amides is 2. The summed E-state index contributed by atoms with van der Waals surface area (Å²) >= 11 is 0. The third-order valence-corrected chi connectivity index (χ3v) is 9.20. The number of ether oxygens (including phenoxy) is 1. The first-order valence-electron chi connectivity index (χ1n) is 14.8. The number of carbonyl (C=O) groups is 3. The smallest absolute Gasteiger partial charge is 0.407 e. The van der Waals surface area contributed by atoms with Crippen molar-refractivity contribution in [3.8, 4) is 11.1 Å². The number of rotatable bonds is 10. The van der Waals surface area contributed by atoms with Gasteiger partial charge in [0, 0.05) is 38.5 Å². The predicted octanol–water partition coefficient (Wildman–Crippen LogP) is 4.93. The number of nitrogens with zero attached hydrogens (tertiary/aromatic N) is 1. The number of nitrogens with one attached hydrogen (secondary N) is 2. The van der Waals surface area contributed by atoms with Gasteiger partial charge in [-0.15, -0.1) is 0 Å². The summed E-state index contributed by atoms with van der Waals surface area (Å²) < 4.78 is 5.85. The van der Waals surface area contributed by atoms with Gasteiger partial charge in [-0.1, -0.05) is 78.9 Å². The van der Waals surface area contributed by atoms with Gasteiger partial charge in [-0.25, -0.2) is 4.79 Å². The Bertz CT molecular complexity index is 1420. The van der Waals surface area contributed by atoms with Gasteiger partial charge >= 0.3 is 12.1 Å². The van der Waals surface area contributed by atoms with Gasteiger partial charge in [0.15, 0.2) is 0 Å². The largest absolute Gasteiger partial charge is 0.481 e. The van der Waals surface area contributed by atoms with Crippen molar-refractivity contribution in [2.75, 3.05) is 26.2 Å². The zero-order chi connectivity index (χ0) is 29.2. The number of piperidine rings is 1. The molecule has 1 aliphatic heterocycles. The Balaban J connectivity index is 1.12. The molecule has 0 unspecified atom stereocenters. The number of fused-ring (bicyclic) bond motifs is 3. The molecular formula is C34H37N3O5. The van der Waals surface area contributed by atoms with Gasteiger partial charge < -0.3 is 20.5 Å². The fourth-order valence-corrected chi connectivity index (χ4v) is 6.43. The van der Waals surface area contributed by atoms with Gasteiger partial charge in [0.2, 0.25) is 5.91 Å². The lowest BCUT2D eigenvalue weighted by Crippen LogP contribution is -2.57. The molecule has 0 atom stereocenters. The first-order chi connectivity index (χ1) is 20.4. The topological polar surface area (TPSA) is 108 Å². The molecule has 3 aromatic carbocycles. The van der Waals surface area contributed by atoms with Crippen LogP contribution in [0.3, 0.4) is 0 Å². The molecule has 6 rings (SSSR count). The van der Waals surface area contributed by atoms with Crippen molar-refractivity contribution in [1.82, 2.24) is 15.5 Å². The molecule has 3 aliphatic rings. The summed E-state index contributed by atoms with van der Waals surface area (Å²) in [5, 5.41) is 15.4. The number of hydrogen-bond acceptors (Lipinski definition) is 5. The number of benzene rings is 3. The summed E-state index contributed by atoms with van der Waals surface area (Å²) in [5.74, 6) is -1.18. The molecule has 1 saturated carbocycles. The van der Waals surface area contributed by atoms with Crippen molar-refractivity contribution in [2.24, 2.45) is 5.41 Å². The van der Waals surface area contributed by atoms with Crippen molar-refractivity contribution < 1.29 is 24.2 Å². The Hall–Kier alpha value is -4.17. The van der Waals surface area contributed by atoms with E-state index in [0.717, 1.165) is 28.8 Å². The standard InChI is InChI=1S/C34H37N3O5/c38-30(35-23-33(14-15-33)31(39)40)20-34(16-18-37(19-17-34)21-24-8-2-1-3-9-24)36-32(41)42-22-29-27-12-6-4-10-25(27)26-11-5-7-13-28(26)29/h1-13,29H,14-23H2,(H,35,38)(H,36,41)(H,39,40). The van der Waals surface area contributed by atoms with E-state index < -0.39 is 23.0 Å². The van der Waals surface area contributed by atoms with Crippen molar-refractivity contribution in [3.05, 3.63) is 95.6 Å². The molecule has 218 valence electrons. The van der Waals surface area contributed by atoms with E-state index in [9.17, 15) is 19.5 Å². The molecule has 0 radical (unpaired) electrons. The second kappa shape index (κ2) is 11.6. The van der Waals surface area contributed by atoms with Crippen LogP contribution >= 0.6 is 0 Å². The van der Waals surface area contributed by atoms with Gasteiger partial charge in [-0.3, -0.25) is 14.5 Å². The highest BCUT2D eigenvalue weighted by atomic mass is 16.5. The van der Waals surface area contributed by atoms with Crippen molar-refractivity contribution in [3.63, 3.8) is 0 Å². The van der Waals surface area contributed by atoms with Crippen LogP contribution in [0.2, 0.25) is 0 Å². The van der Waals surface area contributed by atoms with Gasteiger partial charge in [-0.05, 0) is 53.5 Å². The van der Waals surface area contributed by atoms with E-state index in [1.807, 2.05) is 42.5 Å². The molecule has 8 heteroatoms. The van der Waals surface area contributed by atoms with E-state index in [1.165, 1.54) is 5.56 Å². The molecule has 1 saturated heterocycles. The monoisotopic (exact) mass is 567 g/mol. The normalized spacial score (nSPS) is 18.4. The van der Waals surface area contributed by atoms with Crippen LogP contribution in [-0.2, 0) is 20.9 Å². The van der Waals surface area contributed by atoms with Crippen molar-refractivity contribution in [1.29, 1.82) is 0 Å². The van der Waals surface area contributed by atoms with Crippen LogP contribution in [0.15, 0.2) is 78.9 Å². The second-order valence-corrected chi connectivity index (χ2v) is 12.0. The van der Waals surface area contributed by atoms with Crippen LogP contribution < -0.4 is 10.6 Å². The minimum Gasteiger partial charge on any atom is -0.481 e. The van der Waals surface area contributed by atoms with Crippen LogP contribution in [0.25, 0.3) is 11.1 Å². The number of carboxylic acids is 1. The van der Waals surface area contributed by atoms with E-state index in [2.05, 4.69) is 51.9 Å². The lowest BCUT2D eigenvalue weighted by molar-refractivity contribution is -0.143. The Morgan fingerprint density at radius 2 is 1.43 bits per heavy atom. The Labute approximate surface area is 246 Å². The summed E-state index contributed by atoms with van der Waals surface area (Å²) in [6, 6.07) is 26.7. The van der Waals surface area contributed by atoms with Crippen LogP contribution in [0.4, 0.5) is 4.79 Å². The van der Waals surface area contributed by atoms with E-state index in [-0.39, 0.29) is 31.4 Å². The number of carboxylic acid groups (broad SMARTS) is 1.